The highest BCUT2D eigenvalue weighted by Crippen LogP contribution is 2.13. The predicted octanol–water partition coefficient (Wildman–Crippen LogP) is 2.44. The summed E-state index contributed by atoms with van der Waals surface area (Å²) >= 11 is 0. The highest BCUT2D eigenvalue weighted by molar-refractivity contribution is 4.56. The van der Waals surface area contributed by atoms with Crippen LogP contribution in [0.5, 0.6) is 0 Å². The van der Waals surface area contributed by atoms with E-state index in [-0.39, 0.29) is 0 Å². The summed E-state index contributed by atoms with van der Waals surface area (Å²) in [4.78, 5) is 0. The molecule has 0 aliphatic heterocycles. The first-order chi connectivity index (χ1) is 4.70. The van der Waals surface area contributed by atoms with Crippen LogP contribution >= 0.6 is 0 Å². The van der Waals surface area contributed by atoms with Gasteiger partial charge in [0.1, 0.15) is 0 Å². The molecular weight excluding hydrogens is 124 g/mol. The first-order valence-electron chi connectivity index (χ1n) is 4.31. The zero-order valence-electron chi connectivity index (χ0n) is 7.43. The maximum Gasteiger partial charge on any atom is 0.0459 e. The van der Waals surface area contributed by atoms with Gasteiger partial charge in [0.05, 0.1) is 0 Å². The molecule has 0 aliphatic rings. The Bertz CT molecular complexity index is 65.1. The van der Waals surface area contributed by atoms with Gasteiger partial charge in [0.2, 0.25) is 0 Å². The van der Waals surface area contributed by atoms with Crippen LogP contribution in [0, 0.1) is 11.8 Å². The van der Waals surface area contributed by atoms with E-state index in [0.717, 1.165) is 12.3 Å². The molecule has 62 valence electrons. The van der Waals surface area contributed by atoms with Crippen LogP contribution in [0.15, 0.2) is 0 Å². The van der Waals surface area contributed by atoms with Crippen molar-refractivity contribution in [2.45, 2.75) is 40.0 Å². The molecular formula is C9H20O. The smallest absolute Gasteiger partial charge is 0.0459 e. The molecule has 0 bridgehead atoms. The molecule has 0 saturated heterocycles. The molecule has 1 atom stereocenters. The van der Waals surface area contributed by atoms with Gasteiger partial charge in [0, 0.05) is 6.61 Å². The number of hydrogen-bond donors (Lipinski definition) is 1. The molecule has 0 rings (SSSR count). The quantitative estimate of drug-likeness (QED) is 0.628. The summed E-state index contributed by atoms with van der Waals surface area (Å²) in [6.45, 7) is 6.96. The van der Waals surface area contributed by atoms with Crippen LogP contribution in [0.2, 0.25) is 0 Å². The van der Waals surface area contributed by atoms with Gasteiger partial charge < -0.3 is 5.11 Å². The molecule has 0 unspecified atom stereocenters. The molecule has 0 heterocycles. The normalized spacial score (nSPS) is 14.1. The highest BCUT2D eigenvalue weighted by Gasteiger charge is 2.04. The van der Waals surface area contributed by atoms with Crippen LogP contribution in [-0.2, 0) is 0 Å². The molecule has 0 radical (unpaired) electrons. The Balaban J connectivity index is 3.26. The minimum absolute atomic E-state index is 0.364. The summed E-state index contributed by atoms with van der Waals surface area (Å²) in [5.41, 5.74) is 0. The van der Waals surface area contributed by atoms with Crippen molar-refractivity contribution < 1.29 is 5.11 Å². The first kappa shape index (κ1) is 9.96. The molecule has 0 aliphatic carbocycles. The van der Waals surface area contributed by atoms with Gasteiger partial charge >= 0.3 is 0 Å². The molecule has 1 heteroatoms. The van der Waals surface area contributed by atoms with E-state index >= 15 is 0 Å². The third-order valence-electron chi connectivity index (χ3n) is 1.99. The molecule has 10 heavy (non-hydrogen) atoms. The average Bonchev–Trinajstić information content (AvgIpc) is 1.90. The van der Waals surface area contributed by atoms with Gasteiger partial charge in [-0.2, -0.15) is 0 Å². The third-order valence-corrected chi connectivity index (χ3v) is 1.99. The lowest BCUT2D eigenvalue weighted by Gasteiger charge is -2.12. The van der Waals surface area contributed by atoms with Gasteiger partial charge in [-0.3, -0.25) is 0 Å². The van der Waals surface area contributed by atoms with Crippen molar-refractivity contribution in [1.29, 1.82) is 0 Å². The van der Waals surface area contributed by atoms with Crippen LogP contribution in [0.4, 0.5) is 0 Å². The minimum atomic E-state index is 0.364. The van der Waals surface area contributed by atoms with Crippen LogP contribution in [-0.4, -0.2) is 11.7 Å². The van der Waals surface area contributed by atoms with Crippen LogP contribution < -0.4 is 0 Å². The molecule has 0 saturated carbocycles. The van der Waals surface area contributed by atoms with E-state index in [1.807, 2.05) is 0 Å². The van der Waals surface area contributed by atoms with Crippen molar-refractivity contribution in [3.63, 3.8) is 0 Å². The number of aliphatic hydroxyl groups excluding tert-OH is 1. The zero-order valence-corrected chi connectivity index (χ0v) is 7.43. The summed E-state index contributed by atoms with van der Waals surface area (Å²) in [7, 11) is 0. The third kappa shape index (κ3) is 4.80. The SMILES string of the molecule is CC[C@H](CO)CCC(C)C. The second-order valence-electron chi connectivity index (χ2n) is 3.43. The Kier molecular flexibility index (Phi) is 5.70. The summed E-state index contributed by atoms with van der Waals surface area (Å²) in [5.74, 6) is 1.32. The first-order valence-corrected chi connectivity index (χ1v) is 4.31. The van der Waals surface area contributed by atoms with Gasteiger partial charge in [-0.05, 0) is 18.3 Å². The van der Waals surface area contributed by atoms with Crippen molar-refractivity contribution >= 4 is 0 Å². The minimum Gasteiger partial charge on any atom is -0.396 e. The van der Waals surface area contributed by atoms with Gasteiger partial charge in [0.25, 0.3) is 0 Å². The Labute approximate surface area is 64.5 Å². The maximum atomic E-state index is 8.84. The van der Waals surface area contributed by atoms with Crippen molar-refractivity contribution in [3.05, 3.63) is 0 Å². The van der Waals surface area contributed by atoms with Gasteiger partial charge in [-0.25, -0.2) is 0 Å². The van der Waals surface area contributed by atoms with E-state index in [0.29, 0.717) is 12.5 Å². The second kappa shape index (κ2) is 5.72. The van der Waals surface area contributed by atoms with Crippen LogP contribution in [0.25, 0.3) is 0 Å². The van der Waals surface area contributed by atoms with Gasteiger partial charge in [-0.15, -0.1) is 0 Å². The highest BCUT2D eigenvalue weighted by atomic mass is 16.3. The summed E-state index contributed by atoms with van der Waals surface area (Å²) in [6.07, 6.45) is 3.55. The molecule has 1 N–H and O–H groups in total. The van der Waals surface area contributed by atoms with E-state index in [2.05, 4.69) is 20.8 Å². The molecule has 0 fully saturated rings. The molecule has 0 aromatic heterocycles. The lowest BCUT2D eigenvalue weighted by Crippen LogP contribution is -2.05. The van der Waals surface area contributed by atoms with Gasteiger partial charge in [-0.1, -0.05) is 33.6 Å². The Hall–Kier alpha value is -0.0400. The fourth-order valence-electron chi connectivity index (χ4n) is 0.994. The Morgan fingerprint density at radius 2 is 1.80 bits per heavy atom. The fourth-order valence-corrected chi connectivity index (χ4v) is 0.994. The topological polar surface area (TPSA) is 20.2 Å². The lowest BCUT2D eigenvalue weighted by atomic mass is 9.97. The van der Waals surface area contributed by atoms with E-state index in [9.17, 15) is 0 Å². The summed E-state index contributed by atoms with van der Waals surface area (Å²) in [5, 5.41) is 8.84. The maximum absolute atomic E-state index is 8.84. The monoisotopic (exact) mass is 144 g/mol. The molecule has 0 aromatic carbocycles. The zero-order chi connectivity index (χ0) is 7.98. The lowest BCUT2D eigenvalue weighted by molar-refractivity contribution is 0.208. The van der Waals surface area contributed by atoms with E-state index in [1.165, 1.54) is 12.8 Å². The van der Waals surface area contributed by atoms with Crippen molar-refractivity contribution in [3.8, 4) is 0 Å². The standard InChI is InChI=1S/C9H20O/c1-4-9(7-10)6-5-8(2)3/h8-10H,4-7H2,1-3H3/t9-/m0/s1. The van der Waals surface area contributed by atoms with Crippen LogP contribution in [0.3, 0.4) is 0 Å². The Morgan fingerprint density at radius 3 is 2.10 bits per heavy atom. The van der Waals surface area contributed by atoms with E-state index in [1.54, 1.807) is 0 Å². The van der Waals surface area contributed by atoms with Crippen molar-refractivity contribution in [1.82, 2.24) is 0 Å². The van der Waals surface area contributed by atoms with Crippen molar-refractivity contribution in [2.75, 3.05) is 6.61 Å². The van der Waals surface area contributed by atoms with E-state index < -0.39 is 0 Å². The number of rotatable bonds is 5. The molecule has 0 spiro atoms. The summed E-state index contributed by atoms with van der Waals surface area (Å²) in [6, 6.07) is 0. The molecule has 0 aromatic rings. The van der Waals surface area contributed by atoms with E-state index in [4.69, 9.17) is 5.11 Å². The fraction of sp³-hybridized carbons (Fsp3) is 1.00. The number of aliphatic hydroxyl groups is 1. The molecule has 1 nitrogen and oxygen atoms in total. The average molecular weight is 144 g/mol. The second-order valence-corrected chi connectivity index (χ2v) is 3.43. The van der Waals surface area contributed by atoms with Crippen molar-refractivity contribution in [2.24, 2.45) is 11.8 Å². The summed E-state index contributed by atoms with van der Waals surface area (Å²) < 4.78 is 0. The largest absolute Gasteiger partial charge is 0.396 e. The van der Waals surface area contributed by atoms with Crippen LogP contribution in [0.1, 0.15) is 40.0 Å². The predicted molar refractivity (Wildman–Crippen MR) is 44.9 cm³/mol. The van der Waals surface area contributed by atoms with Gasteiger partial charge in [0.15, 0.2) is 0 Å². The number of hydrogen-bond acceptors (Lipinski definition) is 1. The molecule has 0 amide bonds. The Morgan fingerprint density at radius 1 is 1.20 bits per heavy atom.